The molecule has 0 aliphatic rings. The monoisotopic (exact) mass is 351 g/mol. The topological polar surface area (TPSA) is 45.2 Å². The molecule has 1 heterocycles. The first kappa shape index (κ1) is 15.4. The number of hydrogen-bond acceptors (Lipinski definition) is 3. The predicted octanol–water partition coefficient (Wildman–Crippen LogP) is 3.69. The molecule has 110 valence electrons. The van der Waals surface area contributed by atoms with Gasteiger partial charge in [0.15, 0.2) is 0 Å². The fraction of sp³-hybridized carbons (Fsp3) is 0.200. The third-order valence-electron chi connectivity index (χ3n) is 2.95. The first-order chi connectivity index (χ1) is 10.0. The number of rotatable bonds is 4. The number of carbonyl (C=O) groups is 1. The maximum atomic E-state index is 13.0. The van der Waals surface area contributed by atoms with E-state index in [0.717, 1.165) is 4.47 Å². The predicted molar refractivity (Wildman–Crippen MR) is 85.2 cm³/mol. The zero-order chi connectivity index (χ0) is 15.4. The summed E-state index contributed by atoms with van der Waals surface area (Å²) in [4.78, 5) is 18.3. The molecule has 0 radical (unpaired) electrons. The highest BCUT2D eigenvalue weighted by Gasteiger charge is 2.18. The van der Waals surface area contributed by atoms with E-state index < -0.39 is 0 Å². The Balaban J connectivity index is 2.34. The van der Waals surface area contributed by atoms with Crippen molar-refractivity contribution in [2.45, 2.75) is 6.92 Å². The van der Waals surface area contributed by atoms with Crippen LogP contribution in [-0.4, -0.2) is 24.5 Å². The first-order valence-corrected chi connectivity index (χ1v) is 7.25. The molecule has 1 aromatic heterocycles. The molecule has 0 fully saturated rings. The molecule has 0 spiro atoms. The summed E-state index contributed by atoms with van der Waals surface area (Å²) in [6, 6.07) is 7.48. The molecular formula is C15H15BrFN3O. The van der Waals surface area contributed by atoms with Crippen LogP contribution in [0.2, 0.25) is 0 Å². The minimum atomic E-state index is -0.336. The third-order valence-corrected chi connectivity index (χ3v) is 3.38. The number of hydrogen-bond donors (Lipinski definition) is 1. The minimum absolute atomic E-state index is 0.216. The van der Waals surface area contributed by atoms with Gasteiger partial charge in [-0.3, -0.25) is 4.79 Å². The van der Waals surface area contributed by atoms with Crippen LogP contribution in [0.4, 0.5) is 15.9 Å². The number of amides is 1. The standard InChI is InChI=1S/C15H15BrFN3O/c1-3-18-14-13(8-10(16)9-19-14)15(21)20(2)12-6-4-11(17)5-7-12/h4-9H,3H2,1-2H3,(H,18,19). The molecule has 4 nitrogen and oxygen atoms in total. The molecule has 0 atom stereocenters. The SMILES string of the molecule is CCNc1ncc(Br)cc1C(=O)N(C)c1ccc(F)cc1. The van der Waals surface area contributed by atoms with Gasteiger partial charge in [-0.15, -0.1) is 0 Å². The molecule has 1 amide bonds. The van der Waals surface area contributed by atoms with Crippen molar-refractivity contribution in [1.82, 2.24) is 4.98 Å². The first-order valence-electron chi connectivity index (χ1n) is 6.46. The van der Waals surface area contributed by atoms with Gasteiger partial charge in [0.25, 0.3) is 5.91 Å². The highest BCUT2D eigenvalue weighted by atomic mass is 79.9. The van der Waals surface area contributed by atoms with Crippen LogP contribution in [0, 0.1) is 5.82 Å². The largest absolute Gasteiger partial charge is 0.370 e. The van der Waals surface area contributed by atoms with Crippen molar-refractivity contribution in [3.63, 3.8) is 0 Å². The van der Waals surface area contributed by atoms with Crippen LogP contribution in [-0.2, 0) is 0 Å². The number of nitrogens with zero attached hydrogens (tertiary/aromatic N) is 2. The third kappa shape index (κ3) is 3.58. The summed E-state index contributed by atoms with van der Waals surface area (Å²) in [5.74, 6) is -0.0249. The van der Waals surface area contributed by atoms with Gasteiger partial charge in [-0.2, -0.15) is 0 Å². The lowest BCUT2D eigenvalue weighted by atomic mass is 10.2. The van der Waals surface area contributed by atoms with Gasteiger partial charge in [0.05, 0.1) is 5.56 Å². The van der Waals surface area contributed by atoms with Gasteiger partial charge in [-0.05, 0) is 53.2 Å². The van der Waals surface area contributed by atoms with Crippen molar-refractivity contribution in [2.24, 2.45) is 0 Å². The van der Waals surface area contributed by atoms with E-state index >= 15 is 0 Å². The molecule has 0 saturated carbocycles. The normalized spacial score (nSPS) is 10.3. The molecular weight excluding hydrogens is 337 g/mol. The lowest BCUT2D eigenvalue weighted by Gasteiger charge is -2.19. The van der Waals surface area contributed by atoms with Crippen LogP contribution in [0.1, 0.15) is 17.3 Å². The zero-order valence-corrected chi connectivity index (χ0v) is 13.3. The zero-order valence-electron chi connectivity index (χ0n) is 11.7. The lowest BCUT2D eigenvalue weighted by Crippen LogP contribution is -2.27. The fourth-order valence-electron chi connectivity index (χ4n) is 1.87. The molecule has 0 unspecified atom stereocenters. The van der Waals surface area contributed by atoms with Gasteiger partial charge < -0.3 is 10.2 Å². The summed E-state index contributed by atoms with van der Waals surface area (Å²) >= 11 is 3.32. The van der Waals surface area contributed by atoms with E-state index in [2.05, 4.69) is 26.2 Å². The van der Waals surface area contributed by atoms with Gasteiger partial charge in [0.2, 0.25) is 0 Å². The van der Waals surface area contributed by atoms with E-state index in [-0.39, 0.29) is 11.7 Å². The Labute approximate surface area is 131 Å². The van der Waals surface area contributed by atoms with Crippen LogP contribution in [0.5, 0.6) is 0 Å². The average molecular weight is 352 g/mol. The maximum Gasteiger partial charge on any atom is 0.261 e. The maximum absolute atomic E-state index is 13.0. The Morgan fingerprint density at radius 3 is 2.67 bits per heavy atom. The van der Waals surface area contributed by atoms with Gasteiger partial charge in [0.1, 0.15) is 11.6 Å². The molecule has 1 N–H and O–H groups in total. The molecule has 0 saturated heterocycles. The van der Waals surface area contributed by atoms with Crippen LogP contribution >= 0.6 is 15.9 Å². The van der Waals surface area contributed by atoms with Gasteiger partial charge in [-0.25, -0.2) is 9.37 Å². The van der Waals surface area contributed by atoms with Crippen molar-refractivity contribution in [3.8, 4) is 0 Å². The van der Waals surface area contributed by atoms with Crippen molar-refractivity contribution in [2.75, 3.05) is 23.8 Å². The summed E-state index contributed by atoms with van der Waals surface area (Å²) in [5.41, 5.74) is 1.07. The van der Waals surface area contributed by atoms with Crippen molar-refractivity contribution >= 4 is 33.3 Å². The quantitative estimate of drug-likeness (QED) is 0.913. The second-order valence-corrected chi connectivity index (χ2v) is 5.34. The van der Waals surface area contributed by atoms with Gasteiger partial charge >= 0.3 is 0 Å². The fourth-order valence-corrected chi connectivity index (χ4v) is 2.20. The Morgan fingerprint density at radius 1 is 1.38 bits per heavy atom. The Morgan fingerprint density at radius 2 is 2.05 bits per heavy atom. The average Bonchev–Trinajstić information content (AvgIpc) is 2.48. The Kier molecular flexibility index (Phi) is 4.90. The number of aromatic nitrogens is 1. The molecule has 2 aromatic rings. The van der Waals surface area contributed by atoms with E-state index in [1.54, 1.807) is 31.4 Å². The Hall–Kier alpha value is -1.95. The second-order valence-electron chi connectivity index (χ2n) is 4.42. The minimum Gasteiger partial charge on any atom is -0.370 e. The van der Waals surface area contributed by atoms with Crippen LogP contribution in [0.15, 0.2) is 41.0 Å². The molecule has 1 aromatic carbocycles. The van der Waals surface area contributed by atoms with E-state index in [0.29, 0.717) is 23.6 Å². The lowest BCUT2D eigenvalue weighted by molar-refractivity contribution is 0.0993. The summed E-state index contributed by atoms with van der Waals surface area (Å²) in [7, 11) is 1.65. The summed E-state index contributed by atoms with van der Waals surface area (Å²) in [6.07, 6.45) is 1.63. The molecule has 21 heavy (non-hydrogen) atoms. The highest BCUT2D eigenvalue weighted by molar-refractivity contribution is 9.10. The summed E-state index contributed by atoms with van der Waals surface area (Å²) in [5, 5.41) is 3.06. The number of pyridine rings is 1. The molecule has 6 heteroatoms. The second kappa shape index (κ2) is 6.67. The molecule has 0 bridgehead atoms. The molecule has 0 aliphatic carbocycles. The van der Waals surface area contributed by atoms with Crippen molar-refractivity contribution in [1.29, 1.82) is 0 Å². The van der Waals surface area contributed by atoms with Crippen LogP contribution < -0.4 is 10.2 Å². The highest BCUT2D eigenvalue weighted by Crippen LogP contribution is 2.22. The van der Waals surface area contributed by atoms with E-state index in [9.17, 15) is 9.18 Å². The van der Waals surface area contributed by atoms with E-state index in [4.69, 9.17) is 0 Å². The number of carbonyl (C=O) groups excluding carboxylic acids is 1. The van der Waals surface area contributed by atoms with Gasteiger partial charge in [-0.1, -0.05) is 0 Å². The Bertz CT molecular complexity index is 646. The van der Waals surface area contributed by atoms with Crippen molar-refractivity contribution in [3.05, 3.63) is 52.4 Å². The number of benzene rings is 1. The number of anilines is 2. The number of halogens is 2. The smallest absolute Gasteiger partial charge is 0.261 e. The van der Waals surface area contributed by atoms with E-state index in [1.165, 1.54) is 17.0 Å². The molecule has 2 rings (SSSR count). The van der Waals surface area contributed by atoms with Crippen LogP contribution in [0.25, 0.3) is 0 Å². The van der Waals surface area contributed by atoms with Crippen molar-refractivity contribution < 1.29 is 9.18 Å². The van der Waals surface area contributed by atoms with Gasteiger partial charge in [0, 0.05) is 29.9 Å². The summed E-state index contributed by atoms with van der Waals surface area (Å²) in [6.45, 7) is 2.59. The van der Waals surface area contributed by atoms with Crippen LogP contribution in [0.3, 0.4) is 0 Å². The molecule has 0 aliphatic heterocycles. The van der Waals surface area contributed by atoms with E-state index in [1.807, 2.05) is 6.92 Å². The number of nitrogens with one attached hydrogen (secondary N) is 1. The summed E-state index contributed by atoms with van der Waals surface area (Å²) < 4.78 is 13.7.